The second-order valence-corrected chi connectivity index (χ2v) is 4.87. The Bertz CT molecular complexity index is 561. The summed E-state index contributed by atoms with van der Waals surface area (Å²) in [6, 6.07) is 15.1. The summed E-state index contributed by atoms with van der Waals surface area (Å²) in [5.74, 6) is -0.0500. The van der Waals surface area contributed by atoms with E-state index in [-0.39, 0.29) is 5.78 Å². The van der Waals surface area contributed by atoms with Crippen LogP contribution in [0.4, 0.5) is 0 Å². The number of alkyl halides is 1. The van der Waals surface area contributed by atoms with Crippen LogP contribution in [0, 0.1) is 13.8 Å². The molecule has 0 spiro atoms. The number of carbonyl (C=O) groups excluding carboxylic acids is 1. The standard InChI is InChI=1S/C16H15ClO/c1-11-8-9-14(10-12(11)2)16(18)15(17)13-6-4-3-5-7-13/h3-10,15H,1-2H3. The van der Waals surface area contributed by atoms with Crippen molar-refractivity contribution < 1.29 is 4.79 Å². The van der Waals surface area contributed by atoms with Gasteiger partial charge in [-0.05, 0) is 36.6 Å². The third-order valence-corrected chi connectivity index (χ3v) is 3.56. The average molecular weight is 259 g/mol. The Morgan fingerprint density at radius 2 is 1.67 bits per heavy atom. The topological polar surface area (TPSA) is 17.1 Å². The number of aryl methyl sites for hydroxylation is 2. The van der Waals surface area contributed by atoms with E-state index in [2.05, 4.69) is 0 Å². The molecule has 0 radical (unpaired) electrons. The summed E-state index contributed by atoms with van der Waals surface area (Å²) in [6.07, 6.45) is 0. The Kier molecular flexibility index (Phi) is 3.83. The Balaban J connectivity index is 2.29. The molecule has 18 heavy (non-hydrogen) atoms. The van der Waals surface area contributed by atoms with Crippen molar-refractivity contribution in [1.82, 2.24) is 0 Å². The molecule has 1 unspecified atom stereocenters. The van der Waals surface area contributed by atoms with E-state index in [0.29, 0.717) is 5.56 Å². The lowest BCUT2D eigenvalue weighted by molar-refractivity contribution is 0.0987. The van der Waals surface area contributed by atoms with Gasteiger partial charge in [-0.1, -0.05) is 42.5 Å². The number of benzene rings is 2. The molecule has 0 saturated carbocycles. The first kappa shape index (κ1) is 12.8. The van der Waals surface area contributed by atoms with Crippen molar-refractivity contribution in [3.05, 3.63) is 70.8 Å². The molecule has 1 nitrogen and oxygen atoms in total. The highest BCUT2D eigenvalue weighted by Crippen LogP contribution is 2.25. The molecule has 0 aliphatic carbocycles. The first-order chi connectivity index (χ1) is 8.59. The van der Waals surface area contributed by atoms with Crippen molar-refractivity contribution in [2.45, 2.75) is 19.2 Å². The minimum atomic E-state index is -0.617. The zero-order chi connectivity index (χ0) is 13.1. The summed E-state index contributed by atoms with van der Waals surface area (Å²) in [4.78, 5) is 12.3. The third kappa shape index (κ3) is 2.62. The van der Waals surface area contributed by atoms with Crippen LogP contribution in [0.25, 0.3) is 0 Å². The van der Waals surface area contributed by atoms with Gasteiger partial charge in [-0.2, -0.15) is 0 Å². The van der Waals surface area contributed by atoms with Crippen LogP contribution >= 0.6 is 11.6 Å². The van der Waals surface area contributed by atoms with Gasteiger partial charge >= 0.3 is 0 Å². The van der Waals surface area contributed by atoms with Crippen LogP contribution in [-0.2, 0) is 0 Å². The molecule has 0 fully saturated rings. The summed E-state index contributed by atoms with van der Waals surface area (Å²) in [5.41, 5.74) is 3.79. The number of ketones is 1. The van der Waals surface area contributed by atoms with Gasteiger partial charge < -0.3 is 0 Å². The van der Waals surface area contributed by atoms with E-state index in [0.717, 1.165) is 11.1 Å². The van der Waals surface area contributed by atoms with E-state index in [1.54, 1.807) is 0 Å². The fourth-order valence-electron chi connectivity index (χ4n) is 1.81. The molecule has 1 atom stereocenters. The van der Waals surface area contributed by atoms with Crippen LogP contribution in [0.1, 0.15) is 32.4 Å². The predicted molar refractivity (Wildman–Crippen MR) is 75.3 cm³/mol. The van der Waals surface area contributed by atoms with Crippen LogP contribution in [0.3, 0.4) is 0 Å². The summed E-state index contributed by atoms with van der Waals surface area (Å²) in [5, 5.41) is -0.617. The molecule has 2 aromatic carbocycles. The van der Waals surface area contributed by atoms with Crippen LogP contribution in [-0.4, -0.2) is 5.78 Å². The van der Waals surface area contributed by atoms with Gasteiger partial charge in [-0.15, -0.1) is 11.6 Å². The fraction of sp³-hybridized carbons (Fsp3) is 0.188. The molecule has 2 rings (SSSR count). The normalized spacial score (nSPS) is 12.2. The van der Waals surface area contributed by atoms with Gasteiger partial charge in [0.2, 0.25) is 0 Å². The highest BCUT2D eigenvalue weighted by Gasteiger charge is 2.19. The van der Waals surface area contributed by atoms with Crippen molar-refractivity contribution in [2.24, 2.45) is 0 Å². The second-order valence-electron chi connectivity index (χ2n) is 4.44. The smallest absolute Gasteiger partial charge is 0.185 e. The number of hydrogen-bond donors (Lipinski definition) is 0. The first-order valence-corrected chi connectivity index (χ1v) is 6.33. The van der Waals surface area contributed by atoms with Gasteiger partial charge in [0, 0.05) is 5.56 Å². The molecule has 0 aliphatic rings. The number of hydrogen-bond acceptors (Lipinski definition) is 1. The second kappa shape index (κ2) is 5.36. The van der Waals surface area contributed by atoms with Crippen LogP contribution in [0.15, 0.2) is 48.5 Å². The van der Waals surface area contributed by atoms with E-state index in [9.17, 15) is 4.79 Å². The molecular weight excluding hydrogens is 244 g/mol. The van der Waals surface area contributed by atoms with Crippen molar-refractivity contribution in [3.63, 3.8) is 0 Å². The third-order valence-electron chi connectivity index (χ3n) is 3.11. The molecule has 0 aromatic heterocycles. The lowest BCUT2D eigenvalue weighted by Crippen LogP contribution is -2.07. The molecular formula is C16H15ClO. The Morgan fingerprint density at radius 3 is 2.28 bits per heavy atom. The quantitative estimate of drug-likeness (QED) is 0.587. The number of rotatable bonds is 3. The molecule has 92 valence electrons. The number of halogens is 1. The van der Waals surface area contributed by atoms with Gasteiger partial charge in [-0.25, -0.2) is 0 Å². The summed E-state index contributed by atoms with van der Waals surface area (Å²) in [7, 11) is 0. The van der Waals surface area contributed by atoms with E-state index in [1.165, 1.54) is 5.56 Å². The summed E-state index contributed by atoms with van der Waals surface area (Å²) >= 11 is 6.23. The lowest BCUT2D eigenvalue weighted by Gasteiger charge is -2.10. The van der Waals surface area contributed by atoms with Crippen molar-refractivity contribution in [2.75, 3.05) is 0 Å². The summed E-state index contributed by atoms with van der Waals surface area (Å²) < 4.78 is 0. The van der Waals surface area contributed by atoms with E-state index in [4.69, 9.17) is 11.6 Å². The highest BCUT2D eigenvalue weighted by molar-refractivity contribution is 6.33. The van der Waals surface area contributed by atoms with Gasteiger partial charge in [0.15, 0.2) is 5.78 Å². The van der Waals surface area contributed by atoms with E-state index >= 15 is 0 Å². The molecule has 2 heteroatoms. The monoisotopic (exact) mass is 258 g/mol. The van der Waals surface area contributed by atoms with Crippen LogP contribution in [0.5, 0.6) is 0 Å². The lowest BCUT2D eigenvalue weighted by atomic mass is 9.99. The summed E-state index contributed by atoms with van der Waals surface area (Å²) in [6.45, 7) is 4.02. The van der Waals surface area contributed by atoms with Crippen molar-refractivity contribution in [1.29, 1.82) is 0 Å². The molecule has 0 heterocycles. The number of carbonyl (C=O) groups is 1. The van der Waals surface area contributed by atoms with Crippen LogP contribution in [0.2, 0.25) is 0 Å². The van der Waals surface area contributed by atoms with Crippen LogP contribution < -0.4 is 0 Å². The van der Waals surface area contributed by atoms with Gasteiger partial charge in [-0.3, -0.25) is 4.79 Å². The fourth-order valence-corrected chi connectivity index (χ4v) is 2.09. The SMILES string of the molecule is Cc1ccc(C(=O)C(Cl)c2ccccc2)cc1C. The number of Topliss-reactive ketones (excluding diaryl/α,β-unsaturated/α-hetero) is 1. The molecule has 0 N–H and O–H groups in total. The zero-order valence-corrected chi connectivity index (χ0v) is 11.2. The van der Waals surface area contributed by atoms with Gasteiger partial charge in [0.05, 0.1) is 0 Å². The minimum Gasteiger partial charge on any atom is -0.292 e. The van der Waals surface area contributed by atoms with Crippen molar-refractivity contribution >= 4 is 17.4 Å². The molecule has 0 saturated heterocycles. The maximum Gasteiger partial charge on any atom is 0.185 e. The molecule has 0 aliphatic heterocycles. The van der Waals surface area contributed by atoms with E-state index in [1.807, 2.05) is 62.4 Å². The van der Waals surface area contributed by atoms with Crippen molar-refractivity contribution in [3.8, 4) is 0 Å². The minimum absolute atomic E-state index is 0.0500. The Morgan fingerprint density at radius 1 is 1.00 bits per heavy atom. The largest absolute Gasteiger partial charge is 0.292 e. The Labute approximate surface area is 112 Å². The van der Waals surface area contributed by atoms with E-state index < -0.39 is 5.38 Å². The maximum atomic E-state index is 12.3. The molecule has 0 bridgehead atoms. The van der Waals surface area contributed by atoms with Gasteiger partial charge in [0.1, 0.15) is 5.38 Å². The average Bonchev–Trinajstić information content (AvgIpc) is 2.41. The molecule has 0 amide bonds. The first-order valence-electron chi connectivity index (χ1n) is 5.90. The Hall–Kier alpha value is -1.60. The highest BCUT2D eigenvalue weighted by atomic mass is 35.5. The maximum absolute atomic E-state index is 12.3. The predicted octanol–water partition coefficient (Wildman–Crippen LogP) is 4.47. The van der Waals surface area contributed by atoms with Gasteiger partial charge in [0.25, 0.3) is 0 Å². The molecule has 2 aromatic rings. The zero-order valence-electron chi connectivity index (χ0n) is 10.5.